The lowest BCUT2D eigenvalue weighted by Gasteiger charge is -2.34. The van der Waals surface area contributed by atoms with Gasteiger partial charge in [-0.25, -0.2) is 9.97 Å². The molecule has 0 unspecified atom stereocenters. The van der Waals surface area contributed by atoms with E-state index in [0.29, 0.717) is 18.1 Å². The molecule has 1 fully saturated rings. The van der Waals surface area contributed by atoms with E-state index in [2.05, 4.69) is 61.5 Å². The molecule has 2 aromatic rings. The zero-order chi connectivity index (χ0) is 20.5. The Bertz CT molecular complexity index is 783. The van der Waals surface area contributed by atoms with Crippen LogP contribution >= 0.6 is 0 Å². The van der Waals surface area contributed by atoms with Gasteiger partial charge < -0.3 is 15.1 Å². The molecule has 0 spiro atoms. The van der Waals surface area contributed by atoms with Gasteiger partial charge in [0, 0.05) is 58.2 Å². The largest absolute Gasteiger partial charge is 0.351 e. The summed E-state index contributed by atoms with van der Waals surface area (Å²) in [6.45, 7) is 6.05. The van der Waals surface area contributed by atoms with E-state index in [9.17, 15) is 4.79 Å². The SMILES string of the molecule is CN(C)CCNC(=O)c1cnc(N2CCN(C/C=C/c3ccccc3)CC2)nc1. The Balaban J connectivity index is 1.43. The van der Waals surface area contributed by atoms with Crippen LogP contribution in [0.15, 0.2) is 48.8 Å². The fraction of sp³-hybridized carbons (Fsp3) is 0.409. The first-order valence-corrected chi connectivity index (χ1v) is 10.1. The molecule has 1 aliphatic rings. The highest BCUT2D eigenvalue weighted by molar-refractivity contribution is 5.93. The number of piperazine rings is 1. The van der Waals surface area contributed by atoms with Crippen molar-refractivity contribution in [2.24, 2.45) is 0 Å². The van der Waals surface area contributed by atoms with Gasteiger partial charge in [0.25, 0.3) is 5.91 Å². The van der Waals surface area contributed by atoms with Crippen LogP contribution in [0.1, 0.15) is 15.9 Å². The summed E-state index contributed by atoms with van der Waals surface area (Å²) in [7, 11) is 3.95. The first kappa shape index (κ1) is 21.0. The topological polar surface area (TPSA) is 64.6 Å². The van der Waals surface area contributed by atoms with Gasteiger partial charge in [-0.15, -0.1) is 0 Å². The first-order chi connectivity index (χ1) is 14.1. The van der Waals surface area contributed by atoms with Gasteiger partial charge in [0.05, 0.1) is 5.56 Å². The Morgan fingerprint density at radius 1 is 1.10 bits per heavy atom. The summed E-state index contributed by atoms with van der Waals surface area (Å²) in [6.07, 6.45) is 7.60. The number of rotatable bonds is 8. The molecule has 7 nitrogen and oxygen atoms in total. The Morgan fingerprint density at radius 3 is 2.45 bits per heavy atom. The third kappa shape index (κ3) is 6.66. The molecular formula is C22H30N6O. The Kier molecular flexibility index (Phi) is 7.72. The van der Waals surface area contributed by atoms with Crippen molar-refractivity contribution in [1.82, 2.24) is 25.1 Å². The molecule has 7 heteroatoms. The Morgan fingerprint density at radius 2 is 1.79 bits per heavy atom. The van der Waals surface area contributed by atoms with E-state index < -0.39 is 0 Å². The lowest BCUT2D eigenvalue weighted by atomic mass is 10.2. The lowest BCUT2D eigenvalue weighted by Crippen LogP contribution is -2.47. The molecule has 3 rings (SSSR count). The number of likely N-dealkylation sites (N-methyl/N-ethyl adjacent to an activating group) is 1. The maximum Gasteiger partial charge on any atom is 0.254 e. The molecule has 1 saturated heterocycles. The summed E-state index contributed by atoms with van der Waals surface area (Å²) in [5, 5.41) is 2.88. The van der Waals surface area contributed by atoms with E-state index in [0.717, 1.165) is 39.3 Å². The maximum absolute atomic E-state index is 12.1. The van der Waals surface area contributed by atoms with Crippen molar-refractivity contribution in [3.05, 3.63) is 59.9 Å². The maximum atomic E-state index is 12.1. The number of carbonyl (C=O) groups excluding carboxylic acids is 1. The monoisotopic (exact) mass is 394 g/mol. The average molecular weight is 395 g/mol. The molecule has 2 heterocycles. The molecule has 29 heavy (non-hydrogen) atoms. The van der Waals surface area contributed by atoms with E-state index in [-0.39, 0.29) is 5.91 Å². The van der Waals surface area contributed by atoms with Crippen LogP contribution in [0, 0.1) is 0 Å². The summed E-state index contributed by atoms with van der Waals surface area (Å²) in [6, 6.07) is 10.4. The second-order valence-corrected chi connectivity index (χ2v) is 7.43. The van der Waals surface area contributed by atoms with Crippen LogP contribution in [0.3, 0.4) is 0 Å². The number of amides is 1. The number of anilines is 1. The Labute approximate surface area is 173 Å². The molecule has 0 aliphatic carbocycles. The summed E-state index contributed by atoms with van der Waals surface area (Å²) in [4.78, 5) is 27.5. The molecule has 1 amide bonds. The highest BCUT2D eigenvalue weighted by atomic mass is 16.1. The van der Waals surface area contributed by atoms with Crippen LogP contribution in [0.4, 0.5) is 5.95 Å². The molecular weight excluding hydrogens is 364 g/mol. The van der Waals surface area contributed by atoms with Gasteiger partial charge in [-0.05, 0) is 19.7 Å². The number of benzene rings is 1. The molecule has 1 aromatic carbocycles. The second-order valence-electron chi connectivity index (χ2n) is 7.43. The van der Waals surface area contributed by atoms with Crippen LogP contribution in [0.5, 0.6) is 0 Å². The first-order valence-electron chi connectivity index (χ1n) is 10.1. The third-order valence-electron chi connectivity index (χ3n) is 4.87. The van der Waals surface area contributed by atoms with Crippen molar-refractivity contribution in [2.75, 3.05) is 64.8 Å². The van der Waals surface area contributed by atoms with Gasteiger partial charge in [-0.3, -0.25) is 9.69 Å². The molecule has 0 bridgehead atoms. The standard InChI is InChI=1S/C22H30N6O/c1-26(2)12-10-23-21(29)20-17-24-22(25-18-20)28-15-13-27(14-16-28)11-6-9-19-7-4-3-5-8-19/h3-9,17-18H,10-16H2,1-2H3,(H,23,29)/b9-6+. The van der Waals surface area contributed by atoms with Crippen LogP contribution in [-0.4, -0.2) is 85.6 Å². The van der Waals surface area contributed by atoms with Gasteiger partial charge in [0.15, 0.2) is 0 Å². The van der Waals surface area contributed by atoms with Crippen molar-refractivity contribution >= 4 is 17.9 Å². The quantitative estimate of drug-likeness (QED) is 0.734. The summed E-state index contributed by atoms with van der Waals surface area (Å²) < 4.78 is 0. The Hall–Kier alpha value is -2.77. The molecule has 1 aromatic heterocycles. The molecule has 1 N–H and O–H groups in total. The van der Waals surface area contributed by atoms with Crippen molar-refractivity contribution < 1.29 is 4.79 Å². The van der Waals surface area contributed by atoms with E-state index in [1.807, 2.05) is 25.1 Å². The minimum atomic E-state index is -0.131. The molecule has 0 saturated carbocycles. The zero-order valence-corrected chi connectivity index (χ0v) is 17.3. The molecule has 0 radical (unpaired) electrons. The lowest BCUT2D eigenvalue weighted by molar-refractivity contribution is 0.0950. The van der Waals surface area contributed by atoms with Gasteiger partial charge in [0.1, 0.15) is 0 Å². The fourth-order valence-electron chi connectivity index (χ4n) is 3.13. The summed E-state index contributed by atoms with van der Waals surface area (Å²) in [5.41, 5.74) is 1.72. The number of carbonyl (C=O) groups is 1. The smallest absolute Gasteiger partial charge is 0.254 e. The van der Waals surface area contributed by atoms with Crippen LogP contribution in [0.25, 0.3) is 6.08 Å². The van der Waals surface area contributed by atoms with E-state index >= 15 is 0 Å². The number of nitrogens with one attached hydrogen (secondary N) is 1. The molecule has 154 valence electrons. The van der Waals surface area contributed by atoms with Gasteiger partial charge >= 0.3 is 0 Å². The summed E-state index contributed by atoms with van der Waals surface area (Å²) >= 11 is 0. The van der Waals surface area contributed by atoms with Gasteiger partial charge in [0.2, 0.25) is 5.95 Å². The van der Waals surface area contributed by atoms with Crippen LogP contribution < -0.4 is 10.2 Å². The van der Waals surface area contributed by atoms with Gasteiger partial charge in [-0.2, -0.15) is 0 Å². The van der Waals surface area contributed by atoms with Crippen LogP contribution in [-0.2, 0) is 0 Å². The van der Waals surface area contributed by atoms with Crippen molar-refractivity contribution in [3.63, 3.8) is 0 Å². The third-order valence-corrected chi connectivity index (χ3v) is 4.87. The second kappa shape index (κ2) is 10.7. The van der Waals surface area contributed by atoms with Crippen molar-refractivity contribution in [1.29, 1.82) is 0 Å². The minimum Gasteiger partial charge on any atom is -0.351 e. The highest BCUT2D eigenvalue weighted by Crippen LogP contribution is 2.11. The van der Waals surface area contributed by atoms with Gasteiger partial charge in [-0.1, -0.05) is 42.5 Å². The molecule has 0 atom stereocenters. The van der Waals surface area contributed by atoms with Crippen LogP contribution in [0.2, 0.25) is 0 Å². The average Bonchev–Trinajstić information content (AvgIpc) is 2.75. The minimum absolute atomic E-state index is 0.131. The fourth-order valence-corrected chi connectivity index (χ4v) is 3.13. The van der Waals surface area contributed by atoms with Crippen molar-refractivity contribution in [3.8, 4) is 0 Å². The summed E-state index contributed by atoms with van der Waals surface area (Å²) in [5.74, 6) is 0.558. The number of hydrogen-bond donors (Lipinski definition) is 1. The van der Waals surface area contributed by atoms with E-state index in [1.54, 1.807) is 12.4 Å². The normalized spacial score (nSPS) is 15.2. The van der Waals surface area contributed by atoms with E-state index in [1.165, 1.54) is 5.56 Å². The number of nitrogens with zero attached hydrogens (tertiary/aromatic N) is 5. The zero-order valence-electron chi connectivity index (χ0n) is 17.3. The van der Waals surface area contributed by atoms with E-state index in [4.69, 9.17) is 0 Å². The van der Waals surface area contributed by atoms with Crippen molar-refractivity contribution in [2.45, 2.75) is 0 Å². The highest BCUT2D eigenvalue weighted by Gasteiger charge is 2.18. The number of hydrogen-bond acceptors (Lipinski definition) is 6. The number of aromatic nitrogens is 2. The predicted molar refractivity (Wildman–Crippen MR) is 117 cm³/mol. The molecule has 1 aliphatic heterocycles. The predicted octanol–water partition coefficient (Wildman–Crippen LogP) is 1.60.